The number of aliphatic hydroxyl groups excluding tert-OH is 1. The molecule has 0 rings (SSSR count). The van der Waals surface area contributed by atoms with Gasteiger partial charge in [0.2, 0.25) is 0 Å². The summed E-state index contributed by atoms with van der Waals surface area (Å²) in [5.41, 5.74) is 0. The Morgan fingerprint density at radius 1 is 0.933 bits per heavy atom. The lowest BCUT2D eigenvalue weighted by Gasteiger charge is -2.11. The second kappa shape index (κ2) is 12.0. The molecule has 1 N–H and O–H groups in total. The SMILES string of the molecule is CCC(CC)CCCOCCOCCO. The minimum atomic E-state index is 0.0919. The Hall–Kier alpha value is -0.120. The Morgan fingerprint density at radius 2 is 1.53 bits per heavy atom. The zero-order valence-corrected chi connectivity index (χ0v) is 10.2. The van der Waals surface area contributed by atoms with E-state index in [1.807, 2.05) is 0 Å². The van der Waals surface area contributed by atoms with E-state index in [1.54, 1.807) is 0 Å². The molecule has 0 bridgehead atoms. The number of aliphatic hydroxyl groups is 1. The van der Waals surface area contributed by atoms with Crippen LogP contribution in [0.2, 0.25) is 0 Å². The van der Waals surface area contributed by atoms with Crippen LogP contribution in [0.25, 0.3) is 0 Å². The first kappa shape index (κ1) is 14.9. The van der Waals surface area contributed by atoms with Crippen LogP contribution in [0.1, 0.15) is 39.5 Å². The van der Waals surface area contributed by atoms with Gasteiger partial charge in [-0.1, -0.05) is 26.7 Å². The van der Waals surface area contributed by atoms with Crippen molar-refractivity contribution in [1.29, 1.82) is 0 Å². The summed E-state index contributed by atoms with van der Waals surface area (Å²) in [6.45, 7) is 7.06. The zero-order valence-electron chi connectivity index (χ0n) is 10.2. The third-order valence-electron chi connectivity index (χ3n) is 2.66. The topological polar surface area (TPSA) is 38.7 Å². The summed E-state index contributed by atoms with van der Waals surface area (Å²) < 4.78 is 10.5. The standard InChI is InChI=1S/C12H26O3/c1-3-12(4-2)6-5-8-14-10-11-15-9-7-13/h12-13H,3-11H2,1-2H3. The first-order valence-corrected chi connectivity index (χ1v) is 6.11. The fourth-order valence-electron chi connectivity index (χ4n) is 1.56. The van der Waals surface area contributed by atoms with E-state index in [0.29, 0.717) is 19.8 Å². The summed E-state index contributed by atoms with van der Waals surface area (Å²) in [5, 5.41) is 8.46. The van der Waals surface area contributed by atoms with Crippen molar-refractivity contribution < 1.29 is 14.6 Å². The summed E-state index contributed by atoms with van der Waals surface area (Å²) in [6.07, 6.45) is 4.96. The molecule has 0 aliphatic heterocycles. The van der Waals surface area contributed by atoms with E-state index in [1.165, 1.54) is 19.3 Å². The molecular weight excluding hydrogens is 192 g/mol. The first-order valence-electron chi connectivity index (χ1n) is 6.11. The molecule has 0 amide bonds. The van der Waals surface area contributed by atoms with Crippen molar-refractivity contribution in [2.24, 2.45) is 5.92 Å². The quantitative estimate of drug-likeness (QED) is 0.540. The third-order valence-corrected chi connectivity index (χ3v) is 2.66. The van der Waals surface area contributed by atoms with E-state index in [9.17, 15) is 0 Å². The second-order valence-corrected chi connectivity index (χ2v) is 3.77. The van der Waals surface area contributed by atoms with Crippen molar-refractivity contribution in [3.8, 4) is 0 Å². The smallest absolute Gasteiger partial charge is 0.0701 e. The van der Waals surface area contributed by atoms with Crippen LogP contribution >= 0.6 is 0 Å². The summed E-state index contributed by atoms with van der Waals surface area (Å²) in [5.74, 6) is 0.860. The van der Waals surface area contributed by atoms with E-state index in [-0.39, 0.29) is 6.61 Å². The summed E-state index contributed by atoms with van der Waals surface area (Å²) in [6, 6.07) is 0. The van der Waals surface area contributed by atoms with E-state index >= 15 is 0 Å². The molecule has 0 aliphatic rings. The van der Waals surface area contributed by atoms with Crippen LogP contribution in [0.5, 0.6) is 0 Å². The molecule has 0 radical (unpaired) electrons. The molecule has 0 saturated carbocycles. The van der Waals surface area contributed by atoms with Crippen molar-refractivity contribution >= 4 is 0 Å². The summed E-state index contributed by atoms with van der Waals surface area (Å²) in [7, 11) is 0. The Bertz CT molecular complexity index is 113. The third kappa shape index (κ3) is 10.2. The molecule has 3 heteroatoms. The minimum absolute atomic E-state index is 0.0919. The van der Waals surface area contributed by atoms with E-state index in [2.05, 4.69) is 13.8 Å². The lowest BCUT2D eigenvalue weighted by atomic mass is 9.98. The predicted molar refractivity (Wildman–Crippen MR) is 62.0 cm³/mol. The van der Waals surface area contributed by atoms with Gasteiger partial charge in [-0.3, -0.25) is 0 Å². The van der Waals surface area contributed by atoms with Gasteiger partial charge in [-0.2, -0.15) is 0 Å². The highest BCUT2D eigenvalue weighted by Gasteiger charge is 2.02. The van der Waals surface area contributed by atoms with Crippen LogP contribution in [0.15, 0.2) is 0 Å². The average Bonchev–Trinajstić information content (AvgIpc) is 2.27. The van der Waals surface area contributed by atoms with Gasteiger partial charge < -0.3 is 14.6 Å². The molecule has 0 aliphatic carbocycles. The van der Waals surface area contributed by atoms with E-state index < -0.39 is 0 Å². The maximum Gasteiger partial charge on any atom is 0.0701 e. The Morgan fingerprint density at radius 3 is 2.07 bits per heavy atom. The normalized spacial score (nSPS) is 11.2. The maximum absolute atomic E-state index is 8.46. The largest absolute Gasteiger partial charge is 0.394 e. The number of rotatable bonds is 11. The lowest BCUT2D eigenvalue weighted by Crippen LogP contribution is -2.08. The fraction of sp³-hybridized carbons (Fsp3) is 1.00. The molecule has 0 unspecified atom stereocenters. The molecule has 0 atom stereocenters. The average molecular weight is 218 g/mol. The van der Waals surface area contributed by atoms with Gasteiger partial charge >= 0.3 is 0 Å². The van der Waals surface area contributed by atoms with Crippen LogP contribution < -0.4 is 0 Å². The van der Waals surface area contributed by atoms with Crippen molar-refractivity contribution in [2.75, 3.05) is 33.0 Å². The predicted octanol–water partition coefficient (Wildman–Crippen LogP) is 2.23. The monoisotopic (exact) mass is 218 g/mol. The Balaban J connectivity index is 3.04. The van der Waals surface area contributed by atoms with Crippen LogP contribution in [0, 0.1) is 5.92 Å². The van der Waals surface area contributed by atoms with Gasteiger partial charge in [-0.15, -0.1) is 0 Å². The van der Waals surface area contributed by atoms with Crippen molar-refractivity contribution in [3.63, 3.8) is 0 Å². The molecule has 0 aromatic heterocycles. The van der Waals surface area contributed by atoms with Gasteiger partial charge in [-0.25, -0.2) is 0 Å². The molecule has 0 saturated heterocycles. The highest BCUT2D eigenvalue weighted by Crippen LogP contribution is 2.14. The Kier molecular flexibility index (Phi) is 11.9. The molecule has 0 spiro atoms. The van der Waals surface area contributed by atoms with Crippen LogP contribution in [0.3, 0.4) is 0 Å². The first-order chi connectivity index (χ1) is 7.35. The maximum atomic E-state index is 8.46. The minimum Gasteiger partial charge on any atom is -0.394 e. The molecule has 92 valence electrons. The van der Waals surface area contributed by atoms with Gasteiger partial charge in [0.25, 0.3) is 0 Å². The molecule has 0 heterocycles. The van der Waals surface area contributed by atoms with Crippen molar-refractivity contribution in [2.45, 2.75) is 39.5 Å². The number of hydrogen-bond acceptors (Lipinski definition) is 3. The van der Waals surface area contributed by atoms with Crippen LogP contribution in [0.4, 0.5) is 0 Å². The van der Waals surface area contributed by atoms with Crippen LogP contribution in [-0.2, 0) is 9.47 Å². The molecule has 3 nitrogen and oxygen atoms in total. The van der Waals surface area contributed by atoms with Gasteiger partial charge in [0, 0.05) is 6.61 Å². The second-order valence-electron chi connectivity index (χ2n) is 3.77. The number of hydrogen-bond donors (Lipinski definition) is 1. The molecule has 0 fully saturated rings. The van der Waals surface area contributed by atoms with Gasteiger partial charge in [0.15, 0.2) is 0 Å². The molecule has 0 aromatic rings. The van der Waals surface area contributed by atoms with E-state index in [0.717, 1.165) is 18.9 Å². The molecule has 0 aromatic carbocycles. The van der Waals surface area contributed by atoms with Crippen LogP contribution in [-0.4, -0.2) is 38.1 Å². The van der Waals surface area contributed by atoms with Crippen molar-refractivity contribution in [3.05, 3.63) is 0 Å². The zero-order chi connectivity index (χ0) is 11.4. The fourth-order valence-corrected chi connectivity index (χ4v) is 1.56. The van der Waals surface area contributed by atoms with Gasteiger partial charge in [0.1, 0.15) is 0 Å². The highest BCUT2D eigenvalue weighted by atomic mass is 16.5. The summed E-state index contributed by atoms with van der Waals surface area (Å²) >= 11 is 0. The molecule has 15 heavy (non-hydrogen) atoms. The lowest BCUT2D eigenvalue weighted by molar-refractivity contribution is 0.0313. The van der Waals surface area contributed by atoms with Gasteiger partial charge in [0.05, 0.1) is 26.4 Å². The molecular formula is C12H26O3. The Labute approximate surface area is 93.8 Å². The highest BCUT2D eigenvalue weighted by molar-refractivity contribution is 4.54. The summed E-state index contributed by atoms with van der Waals surface area (Å²) in [4.78, 5) is 0. The van der Waals surface area contributed by atoms with Crippen molar-refractivity contribution in [1.82, 2.24) is 0 Å². The number of ether oxygens (including phenoxy) is 2. The van der Waals surface area contributed by atoms with E-state index in [4.69, 9.17) is 14.6 Å². The van der Waals surface area contributed by atoms with Gasteiger partial charge in [-0.05, 0) is 18.8 Å².